The Bertz CT molecular complexity index is 1070. The predicted molar refractivity (Wildman–Crippen MR) is 117 cm³/mol. The molecule has 152 valence electrons. The molecule has 7 heteroatoms. The van der Waals surface area contributed by atoms with E-state index in [0.29, 0.717) is 25.0 Å². The Labute approximate surface area is 176 Å². The summed E-state index contributed by atoms with van der Waals surface area (Å²) in [7, 11) is 2.11. The number of benzene rings is 3. The number of likely N-dealkylation sites (N-methyl/N-ethyl adjacent to an activating group) is 1. The van der Waals surface area contributed by atoms with Crippen LogP contribution < -0.4 is 10.1 Å². The third-order valence-electron chi connectivity index (χ3n) is 4.91. The number of ether oxygens (including phenoxy) is 1. The summed E-state index contributed by atoms with van der Waals surface area (Å²) in [5, 5.41) is 4.78. The van der Waals surface area contributed by atoms with E-state index in [9.17, 15) is 14.3 Å². The number of amides is 1. The van der Waals surface area contributed by atoms with Crippen LogP contribution in [0.2, 0.25) is 0 Å². The van der Waals surface area contributed by atoms with E-state index in [0.717, 1.165) is 16.3 Å². The Morgan fingerprint density at radius 1 is 1.03 bits per heavy atom. The van der Waals surface area contributed by atoms with Crippen molar-refractivity contribution in [2.75, 3.05) is 18.6 Å². The first-order valence-corrected chi connectivity index (χ1v) is 9.76. The zero-order valence-electron chi connectivity index (χ0n) is 17.0. The molecule has 30 heavy (non-hydrogen) atoms. The van der Waals surface area contributed by atoms with Gasteiger partial charge >= 0.3 is 176 Å². The first-order chi connectivity index (χ1) is 14.5. The van der Waals surface area contributed by atoms with Gasteiger partial charge in [-0.15, -0.1) is 0 Å². The van der Waals surface area contributed by atoms with Crippen LogP contribution in [0.3, 0.4) is 0 Å². The van der Waals surface area contributed by atoms with E-state index in [4.69, 9.17) is 4.74 Å². The molecule has 0 aromatic heterocycles. The molecule has 3 aromatic carbocycles. The second-order valence-electron chi connectivity index (χ2n) is 6.86. The maximum absolute atomic E-state index is 13.2. The van der Waals surface area contributed by atoms with Crippen molar-refractivity contribution in [2.24, 2.45) is 0 Å². The molecule has 6 nitrogen and oxygen atoms in total. The first-order valence-electron chi connectivity index (χ1n) is 9.76. The molecule has 0 heterocycles. The summed E-state index contributed by atoms with van der Waals surface area (Å²) in [5.74, 6) is -0.825. The second-order valence-corrected chi connectivity index (χ2v) is 6.86. The standard InChI is InChI=1S/C23H23BN2O4/c1-3-30-23(28)19-10-6-7-11-21(19)26(2)22(27)20(25-24-29)15-16-12-13-17-8-4-5-9-18(17)14-16/h4-14,20,25H,3,15H2,1-2H3. The van der Waals surface area contributed by atoms with Crippen LogP contribution in [0.4, 0.5) is 5.69 Å². The van der Waals surface area contributed by atoms with Crippen LogP contribution in [0.1, 0.15) is 22.8 Å². The number of nitrogens with zero attached hydrogens (tertiary/aromatic N) is 1. The van der Waals surface area contributed by atoms with Crippen molar-refractivity contribution in [3.63, 3.8) is 0 Å². The Balaban J connectivity index is 1.86. The fourth-order valence-electron chi connectivity index (χ4n) is 3.40. The molecule has 0 bridgehead atoms. The van der Waals surface area contributed by atoms with Crippen molar-refractivity contribution in [1.29, 1.82) is 0 Å². The van der Waals surface area contributed by atoms with Gasteiger partial charge in [-0.25, -0.2) is 0 Å². The monoisotopic (exact) mass is 402 g/mol. The average Bonchev–Trinajstić information content (AvgIpc) is 2.78. The van der Waals surface area contributed by atoms with Crippen LogP contribution in [-0.2, 0) is 20.7 Å². The molecule has 1 atom stereocenters. The van der Waals surface area contributed by atoms with Gasteiger partial charge in [0, 0.05) is 0 Å². The molecular weight excluding hydrogens is 379 g/mol. The van der Waals surface area contributed by atoms with E-state index in [1.165, 1.54) is 4.90 Å². The number of rotatable bonds is 8. The molecule has 0 fully saturated rings. The van der Waals surface area contributed by atoms with E-state index in [-0.39, 0.29) is 12.5 Å². The minimum absolute atomic E-state index is 0.238. The normalized spacial score (nSPS) is 11.4. The van der Waals surface area contributed by atoms with Gasteiger partial charge in [0.2, 0.25) is 0 Å². The van der Waals surface area contributed by atoms with E-state index >= 15 is 0 Å². The molecule has 0 saturated heterocycles. The molecule has 1 N–H and O–H groups in total. The molecule has 1 amide bonds. The van der Waals surface area contributed by atoms with Crippen LogP contribution in [0.15, 0.2) is 66.7 Å². The second kappa shape index (κ2) is 9.83. The Hall–Kier alpha value is -3.48. The number of hydrogen-bond donors (Lipinski definition) is 1. The fraction of sp³-hybridized carbons (Fsp3) is 0.217. The summed E-state index contributed by atoms with van der Waals surface area (Å²) < 4.78 is 16.3. The summed E-state index contributed by atoms with van der Waals surface area (Å²) in [4.78, 5) is 26.8. The van der Waals surface area contributed by atoms with Gasteiger partial charge in [-0.05, 0) is 0 Å². The van der Waals surface area contributed by atoms with Crippen molar-refractivity contribution >= 4 is 35.6 Å². The molecular formula is C23H23BN2O4. The Morgan fingerprint density at radius 3 is 2.47 bits per heavy atom. The summed E-state index contributed by atoms with van der Waals surface area (Å²) in [6, 6.07) is 19.9. The van der Waals surface area contributed by atoms with Crippen molar-refractivity contribution in [1.82, 2.24) is 5.23 Å². The SMILES string of the molecule is CCOC(=O)c1ccccc1N(C)C(=O)C(Cc1ccc2ccccc2c1)NB=O. The van der Waals surface area contributed by atoms with Crippen molar-refractivity contribution in [2.45, 2.75) is 19.4 Å². The van der Waals surface area contributed by atoms with Gasteiger partial charge in [0.25, 0.3) is 0 Å². The summed E-state index contributed by atoms with van der Waals surface area (Å²) in [6.45, 7) is 1.96. The zero-order chi connectivity index (χ0) is 21.5. The summed E-state index contributed by atoms with van der Waals surface area (Å²) in [6.07, 6.45) is 0.328. The van der Waals surface area contributed by atoms with E-state index < -0.39 is 12.0 Å². The molecule has 0 saturated carbocycles. The number of anilines is 1. The van der Waals surface area contributed by atoms with E-state index in [2.05, 4.69) is 5.23 Å². The molecule has 0 radical (unpaired) electrons. The van der Waals surface area contributed by atoms with Gasteiger partial charge < -0.3 is 0 Å². The maximum atomic E-state index is 13.2. The van der Waals surface area contributed by atoms with Crippen LogP contribution in [0, 0.1) is 0 Å². The fourth-order valence-corrected chi connectivity index (χ4v) is 3.40. The number of para-hydroxylation sites is 1. The summed E-state index contributed by atoms with van der Waals surface area (Å²) in [5.41, 5.74) is 1.65. The van der Waals surface area contributed by atoms with Crippen LogP contribution >= 0.6 is 0 Å². The molecule has 0 spiro atoms. The quantitative estimate of drug-likeness (QED) is 0.463. The van der Waals surface area contributed by atoms with Crippen molar-refractivity contribution in [3.8, 4) is 0 Å². The summed E-state index contributed by atoms with van der Waals surface area (Å²) >= 11 is 0. The molecule has 0 aliphatic carbocycles. The van der Waals surface area contributed by atoms with Gasteiger partial charge in [-0.3, -0.25) is 0 Å². The molecule has 1 unspecified atom stereocenters. The third-order valence-corrected chi connectivity index (χ3v) is 4.91. The predicted octanol–water partition coefficient (Wildman–Crippen LogP) is 3.14. The number of fused-ring (bicyclic) bond motifs is 1. The number of nitrogens with one attached hydrogen (secondary N) is 1. The van der Waals surface area contributed by atoms with Crippen LogP contribution in [-0.4, -0.2) is 38.9 Å². The van der Waals surface area contributed by atoms with E-state index in [1.807, 2.05) is 42.5 Å². The minimum atomic E-state index is -0.774. The number of hydrogen-bond acceptors (Lipinski definition) is 4. The number of carbonyl (C=O) groups is 2. The van der Waals surface area contributed by atoms with Gasteiger partial charge in [0.05, 0.1) is 0 Å². The molecule has 0 aliphatic heterocycles. The van der Waals surface area contributed by atoms with Crippen molar-refractivity contribution < 1.29 is 19.0 Å². The number of esters is 1. The molecule has 0 aliphatic rings. The Kier molecular flexibility index (Phi) is 6.96. The topological polar surface area (TPSA) is 75.7 Å². The van der Waals surface area contributed by atoms with Gasteiger partial charge in [0.15, 0.2) is 0 Å². The average molecular weight is 402 g/mol. The molecule has 3 aromatic rings. The number of carbonyl (C=O) groups excluding carboxylic acids is 2. The Morgan fingerprint density at radius 2 is 1.73 bits per heavy atom. The zero-order valence-corrected chi connectivity index (χ0v) is 17.0. The van der Waals surface area contributed by atoms with Gasteiger partial charge in [-0.2, -0.15) is 0 Å². The molecule has 3 rings (SSSR count). The third kappa shape index (κ3) is 4.74. The van der Waals surface area contributed by atoms with Crippen LogP contribution in [0.5, 0.6) is 0 Å². The van der Waals surface area contributed by atoms with Gasteiger partial charge in [-0.1, -0.05) is 0 Å². The van der Waals surface area contributed by atoms with Crippen molar-refractivity contribution in [3.05, 3.63) is 77.9 Å². The first kappa shape index (κ1) is 21.2. The van der Waals surface area contributed by atoms with E-state index in [1.54, 1.807) is 38.2 Å². The van der Waals surface area contributed by atoms with Gasteiger partial charge in [0.1, 0.15) is 0 Å². The van der Waals surface area contributed by atoms with Crippen LogP contribution in [0.25, 0.3) is 10.8 Å².